The molecule has 0 aromatic heterocycles. The Kier molecular flexibility index (Phi) is 5.02. The molecule has 1 aliphatic heterocycles. The number of benzene rings is 2. The minimum atomic E-state index is -0.287. The zero-order chi connectivity index (χ0) is 17.1. The molecule has 0 bridgehead atoms. The summed E-state index contributed by atoms with van der Waals surface area (Å²) in [5, 5.41) is 3.65. The van der Waals surface area contributed by atoms with Crippen molar-refractivity contribution in [3.63, 3.8) is 0 Å². The van der Waals surface area contributed by atoms with E-state index in [2.05, 4.69) is 10.2 Å². The zero-order valence-corrected chi connectivity index (χ0v) is 14.5. The average Bonchev–Trinajstić information content (AvgIpc) is 2.54. The van der Waals surface area contributed by atoms with Crippen LogP contribution >= 0.6 is 23.2 Å². The SMILES string of the molecule is CN1CCOc2cc(NC(=O)COc3ccc(Cl)cc3Cl)ccc21. The molecule has 0 spiro atoms. The number of fused-ring (bicyclic) bond motifs is 1. The van der Waals surface area contributed by atoms with Crippen molar-refractivity contribution in [1.29, 1.82) is 0 Å². The van der Waals surface area contributed by atoms with Gasteiger partial charge in [0.1, 0.15) is 18.1 Å². The minimum Gasteiger partial charge on any atom is -0.489 e. The molecule has 0 fully saturated rings. The lowest BCUT2D eigenvalue weighted by Gasteiger charge is -2.27. The van der Waals surface area contributed by atoms with E-state index in [0.717, 1.165) is 18.0 Å². The lowest BCUT2D eigenvalue weighted by molar-refractivity contribution is -0.118. The van der Waals surface area contributed by atoms with E-state index in [0.29, 0.717) is 28.1 Å². The number of anilines is 2. The van der Waals surface area contributed by atoms with Gasteiger partial charge in [-0.3, -0.25) is 4.79 Å². The highest BCUT2D eigenvalue weighted by atomic mass is 35.5. The molecular weight excluding hydrogens is 351 g/mol. The second-order valence-corrected chi connectivity index (χ2v) is 6.21. The fourth-order valence-electron chi connectivity index (χ4n) is 2.37. The van der Waals surface area contributed by atoms with Crippen LogP contribution in [0.25, 0.3) is 0 Å². The Hall–Kier alpha value is -2.11. The van der Waals surface area contributed by atoms with Crippen molar-refractivity contribution in [2.45, 2.75) is 0 Å². The first-order valence-corrected chi connectivity index (χ1v) is 8.14. The Labute approximate surface area is 150 Å². The molecular formula is C17H16Cl2N2O3. The number of likely N-dealkylation sites (N-methyl/N-ethyl adjacent to an activating group) is 1. The molecule has 0 unspecified atom stereocenters. The summed E-state index contributed by atoms with van der Waals surface area (Å²) in [6.45, 7) is 1.31. The Bertz CT molecular complexity index is 767. The molecule has 0 radical (unpaired) electrons. The van der Waals surface area contributed by atoms with Crippen molar-refractivity contribution in [1.82, 2.24) is 0 Å². The summed E-state index contributed by atoms with van der Waals surface area (Å²) in [6.07, 6.45) is 0. The van der Waals surface area contributed by atoms with Crippen molar-refractivity contribution in [3.05, 3.63) is 46.4 Å². The molecule has 1 heterocycles. The van der Waals surface area contributed by atoms with Crippen LogP contribution in [-0.2, 0) is 4.79 Å². The van der Waals surface area contributed by atoms with Gasteiger partial charge in [-0.2, -0.15) is 0 Å². The standard InChI is InChI=1S/C17H16Cl2N2O3/c1-21-6-7-23-16-9-12(3-4-14(16)21)20-17(22)10-24-15-5-2-11(18)8-13(15)19/h2-5,8-9H,6-7,10H2,1H3,(H,20,22). The summed E-state index contributed by atoms with van der Waals surface area (Å²) < 4.78 is 11.0. The van der Waals surface area contributed by atoms with Crippen LogP contribution in [0.3, 0.4) is 0 Å². The average molecular weight is 367 g/mol. The maximum Gasteiger partial charge on any atom is 0.262 e. The summed E-state index contributed by atoms with van der Waals surface area (Å²) in [4.78, 5) is 14.1. The molecule has 0 aliphatic carbocycles. The number of nitrogens with one attached hydrogen (secondary N) is 1. The van der Waals surface area contributed by atoms with Gasteiger partial charge in [0.15, 0.2) is 6.61 Å². The third-order valence-electron chi connectivity index (χ3n) is 3.59. The highest BCUT2D eigenvalue weighted by Crippen LogP contribution is 2.33. The smallest absolute Gasteiger partial charge is 0.262 e. The van der Waals surface area contributed by atoms with Crippen molar-refractivity contribution in [3.8, 4) is 11.5 Å². The highest BCUT2D eigenvalue weighted by Gasteiger charge is 2.15. The van der Waals surface area contributed by atoms with Gasteiger partial charge < -0.3 is 19.7 Å². The van der Waals surface area contributed by atoms with E-state index in [1.165, 1.54) is 0 Å². The van der Waals surface area contributed by atoms with Gasteiger partial charge in [-0.1, -0.05) is 23.2 Å². The van der Waals surface area contributed by atoms with E-state index in [-0.39, 0.29) is 12.5 Å². The van der Waals surface area contributed by atoms with Crippen LogP contribution < -0.4 is 19.7 Å². The van der Waals surface area contributed by atoms with Crippen LogP contribution in [0.1, 0.15) is 0 Å². The van der Waals surface area contributed by atoms with E-state index < -0.39 is 0 Å². The third-order valence-corrected chi connectivity index (χ3v) is 4.12. The Balaban J connectivity index is 1.61. The second-order valence-electron chi connectivity index (χ2n) is 5.36. The molecule has 0 saturated heterocycles. The van der Waals surface area contributed by atoms with E-state index in [1.54, 1.807) is 24.3 Å². The predicted octanol–water partition coefficient (Wildman–Crippen LogP) is 3.84. The molecule has 2 aromatic rings. The fourth-order valence-corrected chi connectivity index (χ4v) is 2.83. The number of carbonyl (C=O) groups is 1. The molecule has 7 heteroatoms. The van der Waals surface area contributed by atoms with Crippen LogP contribution in [0.15, 0.2) is 36.4 Å². The van der Waals surface area contributed by atoms with E-state index in [9.17, 15) is 4.79 Å². The van der Waals surface area contributed by atoms with Crippen LogP contribution in [0.4, 0.5) is 11.4 Å². The van der Waals surface area contributed by atoms with Gasteiger partial charge >= 0.3 is 0 Å². The Morgan fingerprint density at radius 1 is 1.29 bits per heavy atom. The monoisotopic (exact) mass is 366 g/mol. The number of hydrogen-bond acceptors (Lipinski definition) is 4. The first-order chi connectivity index (χ1) is 11.5. The van der Waals surface area contributed by atoms with Gasteiger partial charge in [-0.05, 0) is 30.3 Å². The van der Waals surface area contributed by atoms with E-state index in [1.807, 2.05) is 19.2 Å². The molecule has 1 N–H and O–H groups in total. The maximum absolute atomic E-state index is 12.0. The first-order valence-electron chi connectivity index (χ1n) is 7.38. The molecule has 2 aromatic carbocycles. The highest BCUT2D eigenvalue weighted by molar-refractivity contribution is 6.35. The Morgan fingerprint density at radius 2 is 2.12 bits per heavy atom. The molecule has 126 valence electrons. The number of halogens is 2. The van der Waals surface area contributed by atoms with Gasteiger partial charge in [0.25, 0.3) is 5.91 Å². The van der Waals surface area contributed by atoms with Crippen molar-refractivity contribution < 1.29 is 14.3 Å². The topological polar surface area (TPSA) is 50.8 Å². The molecule has 5 nitrogen and oxygen atoms in total. The number of ether oxygens (including phenoxy) is 2. The molecule has 3 rings (SSSR count). The number of nitrogens with zero attached hydrogens (tertiary/aromatic N) is 1. The lowest BCUT2D eigenvalue weighted by atomic mass is 10.2. The third kappa shape index (κ3) is 3.86. The second kappa shape index (κ2) is 7.20. The normalized spacial score (nSPS) is 13.0. The van der Waals surface area contributed by atoms with Crippen molar-refractivity contribution >= 4 is 40.5 Å². The molecule has 1 amide bonds. The van der Waals surface area contributed by atoms with Crippen molar-refractivity contribution in [2.75, 3.05) is 37.0 Å². The van der Waals surface area contributed by atoms with Gasteiger partial charge in [-0.25, -0.2) is 0 Å². The van der Waals surface area contributed by atoms with Gasteiger partial charge in [0.2, 0.25) is 0 Å². The van der Waals surface area contributed by atoms with E-state index in [4.69, 9.17) is 32.7 Å². The molecule has 1 aliphatic rings. The zero-order valence-electron chi connectivity index (χ0n) is 13.0. The summed E-state index contributed by atoms with van der Waals surface area (Å²) in [6, 6.07) is 10.4. The van der Waals surface area contributed by atoms with Gasteiger partial charge in [0.05, 0.1) is 17.3 Å². The number of carbonyl (C=O) groups excluding carboxylic acids is 1. The van der Waals surface area contributed by atoms with Gasteiger partial charge in [-0.15, -0.1) is 0 Å². The summed E-state index contributed by atoms with van der Waals surface area (Å²) >= 11 is 11.8. The van der Waals surface area contributed by atoms with Crippen LogP contribution in [0.2, 0.25) is 10.0 Å². The number of hydrogen-bond donors (Lipinski definition) is 1. The number of rotatable bonds is 4. The van der Waals surface area contributed by atoms with Crippen LogP contribution in [0, 0.1) is 0 Å². The summed E-state index contributed by atoms with van der Waals surface area (Å²) in [7, 11) is 2.00. The van der Waals surface area contributed by atoms with Crippen LogP contribution in [-0.4, -0.2) is 32.7 Å². The van der Waals surface area contributed by atoms with Gasteiger partial charge in [0, 0.05) is 23.8 Å². The van der Waals surface area contributed by atoms with Crippen molar-refractivity contribution in [2.24, 2.45) is 0 Å². The summed E-state index contributed by atoms with van der Waals surface area (Å²) in [5.74, 6) is 0.875. The fraction of sp³-hybridized carbons (Fsp3) is 0.235. The molecule has 0 atom stereocenters. The first kappa shape index (κ1) is 16.7. The maximum atomic E-state index is 12.0. The minimum absolute atomic E-state index is 0.154. The molecule has 0 saturated carbocycles. The largest absolute Gasteiger partial charge is 0.489 e. The number of amides is 1. The van der Waals surface area contributed by atoms with E-state index >= 15 is 0 Å². The molecule has 24 heavy (non-hydrogen) atoms. The quantitative estimate of drug-likeness (QED) is 0.892. The van der Waals surface area contributed by atoms with Crippen LogP contribution in [0.5, 0.6) is 11.5 Å². The Morgan fingerprint density at radius 3 is 2.92 bits per heavy atom. The predicted molar refractivity (Wildman–Crippen MR) is 95.8 cm³/mol. The lowest BCUT2D eigenvalue weighted by Crippen LogP contribution is -2.28. The summed E-state index contributed by atoms with van der Waals surface area (Å²) in [5.41, 5.74) is 1.66.